The molecule has 2 unspecified atom stereocenters. The minimum atomic E-state index is -0.371. The van der Waals surface area contributed by atoms with E-state index in [1.807, 2.05) is 16.8 Å². The summed E-state index contributed by atoms with van der Waals surface area (Å²) in [5.41, 5.74) is 1.02. The topological polar surface area (TPSA) is 41.5 Å². The van der Waals surface area contributed by atoms with Crippen molar-refractivity contribution in [2.45, 2.75) is 37.9 Å². The van der Waals surface area contributed by atoms with Gasteiger partial charge in [-0.3, -0.25) is 0 Å². The average molecular weight is 255 g/mol. The van der Waals surface area contributed by atoms with Crippen LogP contribution < -0.4 is 5.32 Å². The lowest BCUT2D eigenvalue weighted by Crippen LogP contribution is -2.23. The summed E-state index contributed by atoms with van der Waals surface area (Å²) >= 11 is 1.62. The summed E-state index contributed by atoms with van der Waals surface area (Å²) in [6.07, 6.45) is 4.82. The van der Waals surface area contributed by atoms with Crippen molar-refractivity contribution in [1.82, 2.24) is 5.32 Å². The molecule has 2 heterocycles. The largest absolute Gasteiger partial charge is 0.387 e. The number of ether oxygens (including phenoxy) is 1. The number of aliphatic hydroxyl groups excluding tert-OH is 1. The number of hydrogen-bond donors (Lipinski definition) is 2. The second-order valence-corrected chi connectivity index (χ2v) is 5.33. The van der Waals surface area contributed by atoms with Gasteiger partial charge < -0.3 is 15.2 Å². The summed E-state index contributed by atoms with van der Waals surface area (Å²) in [6, 6.07) is 1.98. The maximum atomic E-state index is 9.84. The fraction of sp³-hybridized carbons (Fsp3) is 0.692. The molecular formula is C13H21NO2S. The first-order valence-electron chi connectivity index (χ1n) is 6.39. The van der Waals surface area contributed by atoms with Crippen LogP contribution in [0.5, 0.6) is 0 Å². The van der Waals surface area contributed by atoms with Crippen LogP contribution in [0.25, 0.3) is 0 Å². The third kappa shape index (κ3) is 4.39. The zero-order chi connectivity index (χ0) is 11.9. The molecule has 96 valence electrons. The van der Waals surface area contributed by atoms with Crippen LogP contribution in [0.2, 0.25) is 0 Å². The minimum absolute atomic E-state index is 0.371. The van der Waals surface area contributed by atoms with Gasteiger partial charge in [0.25, 0.3) is 0 Å². The molecule has 1 saturated heterocycles. The number of thiophene rings is 1. The molecule has 0 saturated carbocycles. The molecule has 0 spiro atoms. The summed E-state index contributed by atoms with van der Waals surface area (Å²) in [7, 11) is 0. The second kappa shape index (κ2) is 7.11. The lowest BCUT2D eigenvalue weighted by Gasteiger charge is -2.12. The van der Waals surface area contributed by atoms with Crippen molar-refractivity contribution in [2.75, 3.05) is 19.7 Å². The Bertz CT molecular complexity index is 296. The highest BCUT2D eigenvalue weighted by Gasteiger charge is 2.14. The van der Waals surface area contributed by atoms with Crippen molar-refractivity contribution in [3.63, 3.8) is 0 Å². The molecule has 4 heteroatoms. The van der Waals surface area contributed by atoms with Gasteiger partial charge in [-0.05, 0) is 54.6 Å². The Hall–Kier alpha value is -0.420. The van der Waals surface area contributed by atoms with Gasteiger partial charge in [0.2, 0.25) is 0 Å². The van der Waals surface area contributed by atoms with Crippen LogP contribution in [0.15, 0.2) is 16.8 Å². The first kappa shape index (κ1) is 13.0. The molecule has 3 nitrogen and oxygen atoms in total. The second-order valence-electron chi connectivity index (χ2n) is 4.55. The number of hydrogen-bond acceptors (Lipinski definition) is 4. The van der Waals surface area contributed by atoms with E-state index in [2.05, 4.69) is 5.32 Å². The van der Waals surface area contributed by atoms with Gasteiger partial charge in [-0.15, -0.1) is 0 Å². The fourth-order valence-corrected chi connectivity index (χ4v) is 2.86. The van der Waals surface area contributed by atoms with Crippen molar-refractivity contribution in [3.05, 3.63) is 22.4 Å². The Labute approximate surface area is 107 Å². The quantitative estimate of drug-likeness (QED) is 0.735. The van der Waals surface area contributed by atoms with E-state index >= 15 is 0 Å². The lowest BCUT2D eigenvalue weighted by molar-refractivity contribution is 0.102. The van der Waals surface area contributed by atoms with Gasteiger partial charge in [0.15, 0.2) is 0 Å². The number of aliphatic hydroxyl groups is 1. The third-order valence-electron chi connectivity index (χ3n) is 3.17. The maximum absolute atomic E-state index is 9.84. The summed E-state index contributed by atoms with van der Waals surface area (Å²) in [5.74, 6) is 0. The van der Waals surface area contributed by atoms with Gasteiger partial charge in [0, 0.05) is 13.2 Å². The van der Waals surface area contributed by atoms with Gasteiger partial charge in [0.1, 0.15) is 0 Å². The Balaban J connectivity index is 1.51. The highest BCUT2D eigenvalue weighted by molar-refractivity contribution is 7.07. The number of rotatable bonds is 7. The van der Waals surface area contributed by atoms with Gasteiger partial charge >= 0.3 is 0 Å². The minimum Gasteiger partial charge on any atom is -0.387 e. The van der Waals surface area contributed by atoms with Crippen LogP contribution in [0.1, 0.15) is 37.4 Å². The maximum Gasteiger partial charge on any atom is 0.0922 e. The first-order chi connectivity index (χ1) is 8.36. The van der Waals surface area contributed by atoms with Crippen LogP contribution >= 0.6 is 11.3 Å². The van der Waals surface area contributed by atoms with E-state index < -0.39 is 0 Å². The van der Waals surface area contributed by atoms with E-state index in [0.717, 1.165) is 31.6 Å². The molecule has 2 atom stereocenters. The molecular weight excluding hydrogens is 234 g/mol. The first-order valence-corrected chi connectivity index (χ1v) is 7.33. The van der Waals surface area contributed by atoms with Crippen molar-refractivity contribution >= 4 is 11.3 Å². The van der Waals surface area contributed by atoms with Crippen molar-refractivity contribution in [3.8, 4) is 0 Å². The van der Waals surface area contributed by atoms with Crippen LogP contribution in [0, 0.1) is 0 Å². The zero-order valence-electron chi connectivity index (χ0n) is 10.1. The monoisotopic (exact) mass is 255 g/mol. The van der Waals surface area contributed by atoms with Crippen LogP contribution in [0.4, 0.5) is 0 Å². The van der Waals surface area contributed by atoms with Gasteiger partial charge in [0.05, 0.1) is 12.2 Å². The number of nitrogens with one attached hydrogen (secondary N) is 1. The molecule has 2 rings (SSSR count). The predicted octanol–water partition coefficient (Wildman–Crippen LogP) is 2.33. The van der Waals surface area contributed by atoms with Gasteiger partial charge in [-0.25, -0.2) is 0 Å². The molecule has 0 bridgehead atoms. The van der Waals surface area contributed by atoms with Crippen LogP contribution in [-0.4, -0.2) is 30.9 Å². The van der Waals surface area contributed by atoms with Gasteiger partial charge in [-0.2, -0.15) is 11.3 Å². The molecule has 1 fully saturated rings. The normalized spacial score (nSPS) is 21.8. The highest BCUT2D eigenvalue weighted by atomic mass is 32.1. The standard InChI is InChI=1S/C13H21NO2S/c15-13(11-5-8-17-10-11)9-14-6-1-3-12-4-2-7-16-12/h5,8,10,12-15H,1-4,6-7,9H2. The molecule has 0 amide bonds. The van der Waals surface area contributed by atoms with Crippen molar-refractivity contribution in [2.24, 2.45) is 0 Å². The molecule has 1 aliphatic heterocycles. The van der Waals surface area contributed by atoms with E-state index in [4.69, 9.17) is 4.74 Å². The van der Waals surface area contributed by atoms with Crippen molar-refractivity contribution < 1.29 is 9.84 Å². The van der Waals surface area contributed by atoms with E-state index in [-0.39, 0.29) is 6.10 Å². The summed E-state index contributed by atoms with van der Waals surface area (Å²) in [4.78, 5) is 0. The van der Waals surface area contributed by atoms with E-state index in [1.165, 1.54) is 12.8 Å². The molecule has 1 aromatic heterocycles. The van der Waals surface area contributed by atoms with Crippen LogP contribution in [0.3, 0.4) is 0 Å². The Morgan fingerprint density at radius 2 is 2.53 bits per heavy atom. The fourth-order valence-electron chi connectivity index (χ4n) is 2.15. The predicted molar refractivity (Wildman–Crippen MR) is 70.4 cm³/mol. The highest BCUT2D eigenvalue weighted by Crippen LogP contribution is 2.17. The Morgan fingerprint density at radius 1 is 1.59 bits per heavy atom. The molecule has 17 heavy (non-hydrogen) atoms. The Morgan fingerprint density at radius 3 is 3.24 bits per heavy atom. The summed E-state index contributed by atoms with van der Waals surface area (Å²) in [6.45, 7) is 2.54. The lowest BCUT2D eigenvalue weighted by atomic mass is 10.1. The van der Waals surface area contributed by atoms with E-state index in [9.17, 15) is 5.11 Å². The molecule has 0 aliphatic carbocycles. The molecule has 0 radical (unpaired) electrons. The molecule has 0 aromatic carbocycles. The summed E-state index contributed by atoms with van der Waals surface area (Å²) in [5, 5.41) is 17.1. The van der Waals surface area contributed by atoms with Crippen molar-refractivity contribution in [1.29, 1.82) is 0 Å². The Kier molecular flexibility index (Phi) is 5.45. The molecule has 2 N–H and O–H groups in total. The van der Waals surface area contributed by atoms with Crippen LogP contribution in [-0.2, 0) is 4.74 Å². The van der Waals surface area contributed by atoms with E-state index in [0.29, 0.717) is 12.6 Å². The average Bonchev–Trinajstić information content (AvgIpc) is 3.01. The molecule has 1 aliphatic rings. The third-order valence-corrected chi connectivity index (χ3v) is 3.87. The smallest absolute Gasteiger partial charge is 0.0922 e. The van der Waals surface area contributed by atoms with E-state index in [1.54, 1.807) is 11.3 Å². The zero-order valence-corrected chi connectivity index (χ0v) is 10.9. The molecule has 1 aromatic rings. The summed E-state index contributed by atoms with van der Waals surface area (Å²) < 4.78 is 5.56. The van der Waals surface area contributed by atoms with Gasteiger partial charge in [-0.1, -0.05) is 0 Å². The SMILES string of the molecule is OC(CNCCCC1CCCO1)c1ccsc1.